The third-order valence-electron chi connectivity index (χ3n) is 8.63. The standard InChI is InChI=1S/C30H30ClF2N7O2S/c1-3-22(41)39-12-17(13-39)40(15-6-7-15)28-19-11-20(31)23(18-8-9-21(32)27-26(18)35-29(34)43-27)24(33)25(19)36-30(37-28)42-14-16-5-4-10-38(16)2/h3,8-9,11,15-17H,1,4-7,10,12-14H2,2H3,(H2,34,35)/t16-/m0/s1. The van der Waals surface area contributed by atoms with Gasteiger partial charge in [-0.05, 0) is 63.6 Å². The second-order valence-corrected chi connectivity index (χ2v) is 12.9. The molecule has 13 heteroatoms. The highest BCUT2D eigenvalue weighted by Crippen LogP contribution is 2.45. The van der Waals surface area contributed by atoms with E-state index in [1.807, 2.05) is 0 Å². The quantitative estimate of drug-likeness (QED) is 0.265. The highest BCUT2D eigenvalue weighted by molar-refractivity contribution is 7.22. The SMILES string of the molecule is C=CC(=O)N1CC(N(c2nc(OC[C@@H]3CCCN3C)nc3c(F)c(-c4ccc(F)c5sc(N)nc45)c(Cl)cc23)C2CC2)C1. The number of halogens is 3. The minimum atomic E-state index is -0.679. The van der Waals surface area contributed by atoms with Crippen LogP contribution in [-0.4, -0.2) is 82.1 Å². The molecule has 43 heavy (non-hydrogen) atoms. The number of anilines is 2. The van der Waals surface area contributed by atoms with E-state index in [1.54, 1.807) is 11.0 Å². The van der Waals surface area contributed by atoms with Crippen molar-refractivity contribution >= 4 is 60.9 Å². The topological polar surface area (TPSA) is 101 Å². The second-order valence-electron chi connectivity index (χ2n) is 11.4. The minimum absolute atomic E-state index is 0.0143. The summed E-state index contributed by atoms with van der Waals surface area (Å²) in [6, 6.07) is 4.83. The van der Waals surface area contributed by atoms with Gasteiger partial charge in [0.15, 0.2) is 10.9 Å². The molecule has 0 unspecified atom stereocenters. The third kappa shape index (κ3) is 4.95. The van der Waals surface area contributed by atoms with Gasteiger partial charge < -0.3 is 25.2 Å². The summed E-state index contributed by atoms with van der Waals surface area (Å²) in [5.74, 6) is -0.781. The van der Waals surface area contributed by atoms with Crippen molar-refractivity contribution in [2.75, 3.05) is 43.9 Å². The van der Waals surface area contributed by atoms with Crippen molar-refractivity contribution in [1.82, 2.24) is 24.8 Å². The Balaban J connectivity index is 1.37. The van der Waals surface area contributed by atoms with Crippen LogP contribution in [0.25, 0.3) is 32.2 Å². The summed E-state index contributed by atoms with van der Waals surface area (Å²) in [6.45, 7) is 5.95. The van der Waals surface area contributed by atoms with E-state index in [-0.39, 0.29) is 61.5 Å². The molecule has 1 atom stereocenters. The van der Waals surface area contributed by atoms with Crippen molar-refractivity contribution in [2.24, 2.45) is 0 Å². The number of hydrogen-bond acceptors (Lipinski definition) is 9. The molecule has 2 aliphatic heterocycles. The number of amides is 1. The number of rotatable bonds is 8. The first-order valence-corrected chi connectivity index (χ1v) is 15.5. The molecule has 1 amide bonds. The van der Waals surface area contributed by atoms with Crippen molar-refractivity contribution in [3.8, 4) is 17.1 Å². The number of nitrogens with two attached hydrogens (primary N) is 1. The Morgan fingerprint density at radius 1 is 1.21 bits per heavy atom. The van der Waals surface area contributed by atoms with Crippen molar-refractivity contribution in [3.05, 3.63) is 47.5 Å². The molecule has 3 aliphatic rings. The van der Waals surface area contributed by atoms with Gasteiger partial charge in [-0.15, -0.1) is 0 Å². The Kier molecular flexibility index (Phi) is 7.10. The molecular formula is C30H30ClF2N7O2S. The molecule has 9 nitrogen and oxygen atoms in total. The van der Waals surface area contributed by atoms with Crippen molar-refractivity contribution < 1.29 is 18.3 Å². The summed E-state index contributed by atoms with van der Waals surface area (Å²) in [4.78, 5) is 32.0. The van der Waals surface area contributed by atoms with Crippen LogP contribution in [0.5, 0.6) is 6.01 Å². The first-order valence-electron chi connectivity index (χ1n) is 14.3. The largest absolute Gasteiger partial charge is 0.462 e. The van der Waals surface area contributed by atoms with Crippen LogP contribution in [0.15, 0.2) is 30.9 Å². The number of nitrogen functional groups attached to an aromatic ring is 1. The number of hydrogen-bond donors (Lipinski definition) is 1. The molecule has 4 heterocycles. The number of likely N-dealkylation sites (N-methyl/N-ethyl adjacent to an activating group) is 1. The van der Waals surface area contributed by atoms with Gasteiger partial charge >= 0.3 is 6.01 Å². The number of thiazole rings is 1. The maximum absolute atomic E-state index is 16.7. The summed E-state index contributed by atoms with van der Waals surface area (Å²) >= 11 is 7.80. The normalized spacial score (nSPS) is 19.3. The third-order valence-corrected chi connectivity index (χ3v) is 9.82. The first-order chi connectivity index (χ1) is 20.7. The van der Waals surface area contributed by atoms with E-state index < -0.39 is 11.6 Å². The van der Waals surface area contributed by atoms with Crippen LogP contribution in [0, 0.1) is 11.6 Å². The molecule has 224 valence electrons. The molecule has 4 aromatic rings. The van der Waals surface area contributed by atoms with Crippen molar-refractivity contribution in [1.29, 1.82) is 0 Å². The summed E-state index contributed by atoms with van der Waals surface area (Å²) in [7, 11) is 2.05. The average molecular weight is 626 g/mol. The molecule has 0 bridgehead atoms. The Bertz CT molecular complexity index is 1780. The Hall–Kier alpha value is -3.61. The number of fused-ring (bicyclic) bond motifs is 2. The van der Waals surface area contributed by atoms with Crippen LogP contribution in [0.3, 0.4) is 0 Å². The molecule has 0 spiro atoms. The van der Waals surface area contributed by atoms with E-state index in [0.717, 1.165) is 43.6 Å². The van der Waals surface area contributed by atoms with Gasteiger partial charge in [-0.1, -0.05) is 29.5 Å². The van der Waals surface area contributed by atoms with Crippen molar-refractivity contribution in [3.63, 3.8) is 0 Å². The van der Waals surface area contributed by atoms with Gasteiger partial charge in [0.25, 0.3) is 0 Å². The van der Waals surface area contributed by atoms with Crippen LogP contribution >= 0.6 is 22.9 Å². The summed E-state index contributed by atoms with van der Waals surface area (Å²) in [5.41, 5.74) is 6.55. The zero-order valence-corrected chi connectivity index (χ0v) is 25.1. The fourth-order valence-electron chi connectivity index (χ4n) is 6.16. The lowest BCUT2D eigenvalue weighted by molar-refractivity contribution is -0.130. The van der Waals surface area contributed by atoms with Crippen LogP contribution in [0.1, 0.15) is 25.7 Å². The summed E-state index contributed by atoms with van der Waals surface area (Å²) in [5, 5.41) is 0.719. The minimum Gasteiger partial charge on any atom is -0.462 e. The number of benzene rings is 2. The molecule has 2 aromatic heterocycles. The van der Waals surface area contributed by atoms with Crippen LogP contribution in [0.4, 0.5) is 19.7 Å². The number of carbonyl (C=O) groups is 1. The first kappa shape index (κ1) is 28.2. The van der Waals surface area contributed by atoms with Gasteiger partial charge in [-0.2, -0.15) is 9.97 Å². The van der Waals surface area contributed by atoms with Gasteiger partial charge in [0.05, 0.1) is 21.3 Å². The van der Waals surface area contributed by atoms with E-state index in [1.165, 1.54) is 18.2 Å². The monoisotopic (exact) mass is 625 g/mol. The van der Waals surface area contributed by atoms with Crippen LogP contribution in [0.2, 0.25) is 5.02 Å². The van der Waals surface area contributed by atoms with E-state index in [9.17, 15) is 9.18 Å². The molecule has 2 N–H and O–H groups in total. The zero-order chi connectivity index (χ0) is 30.0. The van der Waals surface area contributed by atoms with E-state index in [2.05, 4.69) is 33.4 Å². The summed E-state index contributed by atoms with van der Waals surface area (Å²) < 4.78 is 37.7. The highest BCUT2D eigenvalue weighted by Gasteiger charge is 2.43. The van der Waals surface area contributed by atoms with E-state index >= 15 is 4.39 Å². The number of likely N-dealkylation sites (tertiary alicyclic amines) is 2. The molecule has 1 saturated carbocycles. The fraction of sp³-hybridized carbons (Fsp3) is 0.400. The predicted molar refractivity (Wildman–Crippen MR) is 165 cm³/mol. The van der Waals surface area contributed by atoms with Gasteiger partial charge in [0.2, 0.25) is 5.91 Å². The van der Waals surface area contributed by atoms with Crippen LogP contribution in [-0.2, 0) is 4.79 Å². The van der Waals surface area contributed by atoms with Gasteiger partial charge in [0.1, 0.15) is 23.8 Å². The van der Waals surface area contributed by atoms with E-state index in [0.29, 0.717) is 36.5 Å². The average Bonchev–Trinajstić information content (AvgIpc) is 3.59. The Morgan fingerprint density at radius 3 is 2.70 bits per heavy atom. The number of nitrogens with zero attached hydrogens (tertiary/aromatic N) is 6. The Morgan fingerprint density at radius 2 is 2.00 bits per heavy atom. The zero-order valence-electron chi connectivity index (χ0n) is 23.5. The number of aromatic nitrogens is 3. The smallest absolute Gasteiger partial charge is 0.319 e. The molecule has 3 fully saturated rings. The second kappa shape index (κ2) is 10.8. The predicted octanol–water partition coefficient (Wildman–Crippen LogP) is 5.26. The molecule has 1 aliphatic carbocycles. The maximum atomic E-state index is 16.7. The Labute approximate surface area is 255 Å². The van der Waals surface area contributed by atoms with Crippen molar-refractivity contribution in [2.45, 2.75) is 43.8 Å². The molecular weight excluding hydrogens is 596 g/mol. The lowest BCUT2D eigenvalue weighted by Crippen LogP contribution is -2.61. The maximum Gasteiger partial charge on any atom is 0.319 e. The molecule has 7 rings (SSSR count). The fourth-order valence-corrected chi connectivity index (χ4v) is 7.22. The lowest BCUT2D eigenvalue weighted by atomic mass is 10.0. The molecule has 0 radical (unpaired) electrons. The number of carbonyl (C=O) groups excluding carboxylic acids is 1. The van der Waals surface area contributed by atoms with Crippen LogP contribution < -0.4 is 15.4 Å². The molecule has 2 aromatic carbocycles. The summed E-state index contributed by atoms with van der Waals surface area (Å²) in [6.07, 6.45) is 5.28. The molecule has 2 saturated heterocycles. The highest BCUT2D eigenvalue weighted by atomic mass is 35.5. The number of ether oxygens (including phenoxy) is 1. The van der Waals surface area contributed by atoms with E-state index in [4.69, 9.17) is 27.1 Å². The van der Waals surface area contributed by atoms with Gasteiger partial charge in [0, 0.05) is 41.7 Å². The lowest BCUT2D eigenvalue weighted by Gasteiger charge is -2.46. The van der Waals surface area contributed by atoms with Gasteiger partial charge in [-0.3, -0.25) is 4.79 Å². The van der Waals surface area contributed by atoms with Gasteiger partial charge in [-0.25, -0.2) is 13.8 Å².